The molecule has 0 aliphatic carbocycles. The Bertz CT molecular complexity index is 622. The van der Waals surface area contributed by atoms with Gasteiger partial charge in [-0.2, -0.15) is 10.4 Å². The van der Waals surface area contributed by atoms with E-state index in [9.17, 15) is 5.26 Å². The van der Waals surface area contributed by atoms with Gasteiger partial charge in [0, 0.05) is 10.4 Å². The molecule has 1 aromatic heterocycles. The monoisotopic (exact) mass is 318 g/mol. The molecule has 2 aromatic rings. The molecular formula is C14H15BrN4. The minimum Gasteiger partial charge on any atom is -0.395 e. The lowest BCUT2D eigenvalue weighted by Crippen LogP contribution is -2.00. The van der Waals surface area contributed by atoms with E-state index in [4.69, 9.17) is 5.73 Å². The third-order valence-electron chi connectivity index (χ3n) is 3.21. The van der Waals surface area contributed by atoms with E-state index in [1.54, 1.807) is 4.68 Å². The quantitative estimate of drug-likeness (QED) is 0.940. The molecule has 98 valence electrons. The van der Waals surface area contributed by atoms with Crippen molar-refractivity contribution in [1.82, 2.24) is 9.78 Å². The largest absolute Gasteiger partial charge is 0.395 e. The van der Waals surface area contributed by atoms with Gasteiger partial charge in [0.1, 0.15) is 6.07 Å². The van der Waals surface area contributed by atoms with E-state index in [1.807, 2.05) is 24.3 Å². The molecule has 0 fully saturated rings. The van der Waals surface area contributed by atoms with Crippen LogP contribution in [0.25, 0.3) is 5.69 Å². The Labute approximate surface area is 121 Å². The zero-order chi connectivity index (χ0) is 14.0. The van der Waals surface area contributed by atoms with Gasteiger partial charge in [-0.15, -0.1) is 0 Å². The second-order valence-electron chi connectivity index (χ2n) is 4.46. The summed E-state index contributed by atoms with van der Waals surface area (Å²) in [5.74, 6) is 0.240. The number of hydrogen-bond donors (Lipinski definition) is 1. The molecule has 4 nitrogen and oxygen atoms in total. The molecule has 1 aromatic carbocycles. The molecule has 0 bridgehead atoms. The Morgan fingerprint density at radius 1 is 1.42 bits per heavy atom. The Hall–Kier alpha value is -1.80. The Morgan fingerprint density at radius 3 is 2.58 bits per heavy atom. The van der Waals surface area contributed by atoms with Crippen LogP contribution in [0, 0.1) is 11.3 Å². The number of nitrogens with two attached hydrogens (primary N) is 1. The van der Waals surface area contributed by atoms with Crippen LogP contribution in [0.5, 0.6) is 0 Å². The van der Waals surface area contributed by atoms with E-state index in [2.05, 4.69) is 40.9 Å². The van der Waals surface area contributed by atoms with Crippen LogP contribution in [0.3, 0.4) is 0 Å². The first-order valence-corrected chi connectivity index (χ1v) is 6.92. The van der Waals surface area contributed by atoms with Gasteiger partial charge in [0.2, 0.25) is 0 Å². The smallest absolute Gasteiger partial charge is 0.167 e. The standard InChI is InChI=1S/C14H15BrN4/c1-3-9(2)14-13(17)12(8-16)19(18-14)11-6-4-10(15)5-7-11/h4-7,9H,3,17H2,1-2H3. The normalized spacial score (nSPS) is 12.1. The number of nitrogen functional groups attached to an aromatic ring is 1. The predicted molar refractivity (Wildman–Crippen MR) is 79.1 cm³/mol. The Kier molecular flexibility index (Phi) is 3.91. The molecule has 0 radical (unpaired) electrons. The molecule has 0 amide bonds. The lowest BCUT2D eigenvalue weighted by atomic mass is 10.0. The number of nitriles is 1. The zero-order valence-corrected chi connectivity index (χ0v) is 12.5. The van der Waals surface area contributed by atoms with Gasteiger partial charge >= 0.3 is 0 Å². The first-order valence-electron chi connectivity index (χ1n) is 6.12. The molecule has 19 heavy (non-hydrogen) atoms. The van der Waals surface area contributed by atoms with Gasteiger partial charge in [0.05, 0.1) is 17.1 Å². The third kappa shape index (κ3) is 2.49. The summed E-state index contributed by atoms with van der Waals surface area (Å²) >= 11 is 3.39. The SMILES string of the molecule is CCC(C)c1nn(-c2ccc(Br)cc2)c(C#N)c1N. The minimum atomic E-state index is 0.240. The van der Waals surface area contributed by atoms with Crippen molar-refractivity contribution in [2.75, 3.05) is 5.73 Å². The Morgan fingerprint density at radius 2 is 2.05 bits per heavy atom. The third-order valence-corrected chi connectivity index (χ3v) is 3.74. The summed E-state index contributed by atoms with van der Waals surface area (Å²) in [4.78, 5) is 0. The average Bonchev–Trinajstić information content (AvgIpc) is 2.75. The van der Waals surface area contributed by atoms with Crippen LogP contribution in [-0.4, -0.2) is 9.78 Å². The van der Waals surface area contributed by atoms with Crippen molar-refractivity contribution in [1.29, 1.82) is 5.26 Å². The fourth-order valence-electron chi connectivity index (χ4n) is 1.88. The van der Waals surface area contributed by atoms with Crippen molar-refractivity contribution in [2.45, 2.75) is 26.2 Å². The number of halogens is 1. The van der Waals surface area contributed by atoms with Crippen LogP contribution in [0.1, 0.15) is 37.6 Å². The van der Waals surface area contributed by atoms with E-state index < -0.39 is 0 Å². The zero-order valence-electron chi connectivity index (χ0n) is 10.9. The summed E-state index contributed by atoms with van der Waals surface area (Å²) in [5, 5.41) is 13.8. The summed E-state index contributed by atoms with van der Waals surface area (Å²) in [6.07, 6.45) is 0.937. The van der Waals surface area contributed by atoms with E-state index in [0.29, 0.717) is 11.4 Å². The number of hydrogen-bond acceptors (Lipinski definition) is 3. The average molecular weight is 319 g/mol. The summed E-state index contributed by atoms with van der Waals surface area (Å²) in [6, 6.07) is 9.77. The number of anilines is 1. The second kappa shape index (κ2) is 5.45. The van der Waals surface area contributed by atoms with Crippen LogP contribution in [0.4, 0.5) is 5.69 Å². The molecule has 1 unspecified atom stereocenters. The van der Waals surface area contributed by atoms with Crippen molar-refractivity contribution < 1.29 is 0 Å². The molecular weight excluding hydrogens is 304 g/mol. The molecule has 0 aliphatic rings. The van der Waals surface area contributed by atoms with Gasteiger partial charge in [0.15, 0.2) is 5.69 Å². The van der Waals surface area contributed by atoms with Crippen LogP contribution in [0.2, 0.25) is 0 Å². The predicted octanol–water partition coefficient (Wildman–Crippen LogP) is 3.60. The highest BCUT2D eigenvalue weighted by atomic mass is 79.9. The van der Waals surface area contributed by atoms with Gasteiger partial charge in [-0.3, -0.25) is 0 Å². The second-order valence-corrected chi connectivity index (χ2v) is 5.37. The van der Waals surface area contributed by atoms with Crippen LogP contribution in [0.15, 0.2) is 28.7 Å². The summed E-state index contributed by atoms with van der Waals surface area (Å²) in [5.41, 5.74) is 8.56. The highest BCUT2D eigenvalue weighted by Crippen LogP contribution is 2.28. The van der Waals surface area contributed by atoms with E-state index in [0.717, 1.165) is 22.3 Å². The van der Waals surface area contributed by atoms with E-state index >= 15 is 0 Å². The molecule has 0 aliphatic heterocycles. The van der Waals surface area contributed by atoms with Gasteiger partial charge in [0.25, 0.3) is 0 Å². The number of aromatic nitrogens is 2. The lowest BCUT2D eigenvalue weighted by Gasteiger charge is -2.05. The summed E-state index contributed by atoms with van der Waals surface area (Å²) in [6.45, 7) is 4.14. The molecule has 5 heteroatoms. The molecule has 0 saturated heterocycles. The molecule has 0 spiro atoms. The highest BCUT2D eigenvalue weighted by Gasteiger charge is 2.19. The number of rotatable bonds is 3. The highest BCUT2D eigenvalue weighted by molar-refractivity contribution is 9.10. The number of nitrogens with zero attached hydrogens (tertiary/aromatic N) is 3. The minimum absolute atomic E-state index is 0.240. The summed E-state index contributed by atoms with van der Waals surface area (Å²) < 4.78 is 2.60. The molecule has 1 atom stereocenters. The molecule has 2 rings (SSSR count). The Balaban J connectivity index is 2.58. The van der Waals surface area contributed by atoms with Crippen molar-refractivity contribution in [3.05, 3.63) is 40.1 Å². The molecule has 2 N–H and O–H groups in total. The maximum absolute atomic E-state index is 9.28. The topological polar surface area (TPSA) is 67.6 Å². The van der Waals surface area contributed by atoms with Gasteiger partial charge in [-0.05, 0) is 30.7 Å². The maximum atomic E-state index is 9.28. The maximum Gasteiger partial charge on any atom is 0.167 e. The van der Waals surface area contributed by atoms with Crippen LogP contribution < -0.4 is 5.73 Å². The van der Waals surface area contributed by atoms with Crippen molar-refractivity contribution in [2.24, 2.45) is 0 Å². The fourth-order valence-corrected chi connectivity index (χ4v) is 2.15. The van der Waals surface area contributed by atoms with Gasteiger partial charge in [-0.1, -0.05) is 29.8 Å². The van der Waals surface area contributed by atoms with E-state index in [-0.39, 0.29) is 5.92 Å². The van der Waals surface area contributed by atoms with E-state index in [1.165, 1.54) is 0 Å². The lowest BCUT2D eigenvalue weighted by molar-refractivity contribution is 0.689. The number of benzene rings is 1. The van der Waals surface area contributed by atoms with Gasteiger partial charge < -0.3 is 5.73 Å². The molecule has 1 heterocycles. The fraction of sp³-hybridized carbons (Fsp3) is 0.286. The molecule has 0 saturated carbocycles. The van der Waals surface area contributed by atoms with Gasteiger partial charge in [-0.25, -0.2) is 4.68 Å². The van der Waals surface area contributed by atoms with Crippen LogP contribution in [-0.2, 0) is 0 Å². The van der Waals surface area contributed by atoms with Crippen molar-refractivity contribution in [3.8, 4) is 11.8 Å². The van der Waals surface area contributed by atoms with Crippen molar-refractivity contribution >= 4 is 21.6 Å². The summed E-state index contributed by atoms with van der Waals surface area (Å²) in [7, 11) is 0. The first-order chi connectivity index (χ1) is 9.08. The first kappa shape index (κ1) is 13.6. The van der Waals surface area contributed by atoms with Crippen molar-refractivity contribution in [3.63, 3.8) is 0 Å². The van der Waals surface area contributed by atoms with Crippen LogP contribution >= 0.6 is 15.9 Å².